The minimum atomic E-state index is -0.372. The number of hydrogen-bond acceptors (Lipinski definition) is 3. The molecule has 0 aliphatic carbocycles. The molecule has 1 aromatic carbocycles. The van der Waals surface area contributed by atoms with Crippen molar-refractivity contribution < 1.29 is 9.13 Å². The van der Waals surface area contributed by atoms with E-state index in [1.807, 2.05) is 25.1 Å². The SMILES string of the molecule is COc1c(C)cccc1C1N=CC(F)=CN1. The monoisotopic (exact) mass is 220 g/mol. The molecule has 1 atom stereocenters. The molecule has 3 nitrogen and oxygen atoms in total. The number of rotatable bonds is 2. The fourth-order valence-electron chi connectivity index (χ4n) is 1.72. The lowest BCUT2D eigenvalue weighted by molar-refractivity contribution is 0.400. The summed E-state index contributed by atoms with van der Waals surface area (Å²) in [6.45, 7) is 1.96. The lowest BCUT2D eigenvalue weighted by Gasteiger charge is -2.19. The number of hydrogen-bond donors (Lipinski definition) is 1. The van der Waals surface area contributed by atoms with Crippen LogP contribution in [0.1, 0.15) is 17.3 Å². The van der Waals surface area contributed by atoms with E-state index in [4.69, 9.17) is 4.74 Å². The van der Waals surface area contributed by atoms with E-state index in [0.29, 0.717) is 0 Å². The van der Waals surface area contributed by atoms with Gasteiger partial charge in [0.2, 0.25) is 0 Å². The van der Waals surface area contributed by atoms with Gasteiger partial charge in [0.05, 0.1) is 13.3 Å². The van der Waals surface area contributed by atoms with Crippen molar-refractivity contribution in [3.63, 3.8) is 0 Å². The largest absolute Gasteiger partial charge is 0.496 e. The molecular weight excluding hydrogens is 207 g/mol. The standard InChI is InChI=1S/C12H13FN2O/c1-8-4-3-5-10(11(8)16-2)12-14-6-9(13)7-15-12/h3-7,12,14H,1-2H3. The van der Waals surface area contributed by atoms with E-state index < -0.39 is 0 Å². The number of para-hydroxylation sites is 1. The van der Waals surface area contributed by atoms with Gasteiger partial charge in [0, 0.05) is 11.8 Å². The maximum absolute atomic E-state index is 12.8. The Kier molecular flexibility index (Phi) is 2.90. The number of methoxy groups -OCH3 is 1. The van der Waals surface area contributed by atoms with E-state index in [2.05, 4.69) is 10.3 Å². The summed E-state index contributed by atoms with van der Waals surface area (Å²) in [7, 11) is 1.62. The number of allylic oxidation sites excluding steroid dienone is 1. The van der Waals surface area contributed by atoms with E-state index in [1.165, 1.54) is 12.4 Å². The van der Waals surface area contributed by atoms with Gasteiger partial charge in [-0.1, -0.05) is 18.2 Å². The number of nitrogens with zero attached hydrogens (tertiary/aromatic N) is 1. The summed E-state index contributed by atoms with van der Waals surface area (Å²) in [6.07, 6.45) is 2.23. The third-order valence-corrected chi connectivity index (χ3v) is 2.47. The van der Waals surface area contributed by atoms with Gasteiger partial charge < -0.3 is 10.1 Å². The van der Waals surface area contributed by atoms with Crippen molar-refractivity contribution in [3.05, 3.63) is 41.4 Å². The first kappa shape index (κ1) is 10.7. The van der Waals surface area contributed by atoms with Crippen molar-refractivity contribution in [1.82, 2.24) is 5.32 Å². The molecule has 0 saturated carbocycles. The number of benzene rings is 1. The van der Waals surface area contributed by atoms with Crippen molar-refractivity contribution in [2.45, 2.75) is 13.1 Å². The normalized spacial score (nSPS) is 18.9. The van der Waals surface area contributed by atoms with Crippen LogP contribution >= 0.6 is 0 Å². The lowest BCUT2D eigenvalue weighted by Crippen LogP contribution is -2.18. The van der Waals surface area contributed by atoms with E-state index in [1.54, 1.807) is 7.11 Å². The molecule has 2 rings (SSSR count). The lowest BCUT2D eigenvalue weighted by atomic mass is 10.1. The van der Waals surface area contributed by atoms with Gasteiger partial charge in [-0.25, -0.2) is 4.39 Å². The van der Waals surface area contributed by atoms with E-state index in [0.717, 1.165) is 16.9 Å². The fourth-order valence-corrected chi connectivity index (χ4v) is 1.72. The van der Waals surface area contributed by atoms with Gasteiger partial charge in [0.15, 0.2) is 5.83 Å². The molecule has 1 heterocycles. The first-order valence-corrected chi connectivity index (χ1v) is 5.01. The molecule has 0 fully saturated rings. The van der Waals surface area contributed by atoms with Gasteiger partial charge in [-0.15, -0.1) is 0 Å². The first-order valence-electron chi connectivity index (χ1n) is 5.01. The number of aliphatic imine (C=N–C) groups is 1. The van der Waals surface area contributed by atoms with E-state index >= 15 is 0 Å². The summed E-state index contributed by atoms with van der Waals surface area (Å²) in [5, 5.41) is 2.87. The van der Waals surface area contributed by atoms with Crippen molar-refractivity contribution >= 4 is 6.21 Å². The Morgan fingerprint density at radius 1 is 1.44 bits per heavy atom. The molecule has 0 bridgehead atoms. The average molecular weight is 220 g/mol. The van der Waals surface area contributed by atoms with Crippen molar-refractivity contribution in [2.75, 3.05) is 7.11 Å². The van der Waals surface area contributed by atoms with Crippen LogP contribution in [0.15, 0.2) is 35.2 Å². The number of halogens is 1. The molecule has 0 spiro atoms. The quantitative estimate of drug-likeness (QED) is 0.830. The Labute approximate surface area is 93.6 Å². The summed E-state index contributed by atoms with van der Waals surface area (Å²) in [5.41, 5.74) is 1.94. The van der Waals surface area contributed by atoms with Gasteiger partial charge in [-0.05, 0) is 12.5 Å². The average Bonchev–Trinajstić information content (AvgIpc) is 2.30. The van der Waals surface area contributed by atoms with Crippen LogP contribution in [0.25, 0.3) is 0 Å². The van der Waals surface area contributed by atoms with Crippen LogP contribution in [0.4, 0.5) is 4.39 Å². The Balaban J connectivity index is 2.35. The molecule has 1 aromatic rings. The first-order chi connectivity index (χ1) is 7.72. The molecule has 0 amide bonds. The van der Waals surface area contributed by atoms with Gasteiger partial charge >= 0.3 is 0 Å². The third kappa shape index (κ3) is 1.91. The van der Waals surface area contributed by atoms with E-state index in [9.17, 15) is 4.39 Å². The Morgan fingerprint density at radius 3 is 2.88 bits per heavy atom. The zero-order valence-electron chi connectivity index (χ0n) is 9.20. The summed E-state index contributed by atoms with van der Waals surface area (Å²) >= 11 is 0. The highest BCUT2D eigenvalue weighted by Gasteiger charge is 2.16. The third-order valence-electron chi connectivity index (χ3n) is 2.47. The maximum Gasteiger partial charge on any atom is 0.156 e. The topological polar surface area (TPSA) is 33.6 Å². The van der Waals surface area contributed by atoms with Crippen LogP contribution in [0.2, 0.25) is 0 Å². The van der Waals surface area contributed by atoms with Crippen LogP contribution in [0, 0.1) is 6.92 Å². The van der Waals surface area contributed by atoms with Crippen LogP contribution < -0.4 is 10.1 Å². The molecular formula is C12H13FN2O. The van der Waals surface area contributed by atoms with Crippen molar-refractivity contribution in [1.29, 1.82) is 0 Å². The Morgan fingerprint density at radius 2 is 2.25 bits per heavy atom. The predicted octanol–water partition coefficient (Wildman–Crippen LogP) is 2.49. The molecule has 1 aliphatic heterocycles. The second-order valence-electron chi connectivity index (χ2n) is 3.57. The Hall–Kier alpha value is -1.84. The second kappa shape index (κ2) is 4.35. The predicted molar refractivity (Wildman–Crippen MR) is 61.3 cm³/mol. The molecule has 1 aliphatic rings. The number of ether oxygens (including phenoxy) is 1. The molecule has 4 heteroatoms. The number of nitrogens with one attached hydrogen (secondary N) is 1. The van der Waals surface area contributed by atoms with Crippen LogP contribution in [-0.4, -0.2) is 13.3 Å². The van der Waals surface area contributed by atoms with Gasteiger partial charge in [-0.3, -0.25) is 4.99 Å². The molecule has 16 heavy (non-hydrogen) atoms. The highest BCUT2D eigenvalue weighted by atomic mass is 19.1. The van der Waals surface area contributed by atoms with Crippen molar-refractivity contribution in [2.24, 2.45) is 4.99 Å². The van der Waals surface area contributed by atoms with Gasteiger partial charge in [-0.2, -0.15) is 0 Å². The fraction of sp³-hybridized carbons (Fsp3) is 0.250. The summed E-state index contributed by atoms with van der Waals surface area (Å²) in [4.78, 5) is 4.07. The van der Waals surface area contributed by atoms with Gasteiger partial charge in [0.25, 0.3) is 0 Å². The maximum atomic E-state index is 12.8. The Bertz CT molecular complexity index is 454. The highest BCUT2D eigenvalue weighted by Crippen LogP contribution is 2.30. The highest BCUT2D eigenvalue weighted by molar-refractivity contribution is 5.76. The zero-order valence-corrected chi connectivity index (χ0v) is 9.20. The zero-order chi connectivity index (χ0) is 11.5. The smallest absolute Gasteiger partial charge is 0.156 e. The van der Waals surface area contributed by atoms with Crippen LogP contribution in [0.3, 0.4) is 0 Å². The molecule has 0 saturated heterocycles. The second-order valence-corrected chi connectivity index (χ2v) is 3.57. The van der Waals surface area contributed by atoms with Crippen LogP contribution in [-0.2, 0) is 0 Å². The van der Waals surface area contributed by atoms with Gasteiger partial charge in [0.1, 0.15) is 11.9 Å². The molecule has 84 valence electrons. The van der Waals surface area contributed by atoms with Crippen molar-refractivity contribution in [3.8, 4) is 5.75 Å². The number of aryl methyl sites for hydroxylation is 1. The summed E-state index contributed by atoms with van der Waals surface area (Å²) in [5.74, 6) is 0.413. The molecule has 0 radical (unpaired) electrons. The van der Waals surface area contributed by atoms with E-state index in [-0.39, 0.29) is 12.0 Å². The summed E-state index contributed by atoms with van der Waals surface area (Å²) < 4.78 is 18.1. The minimum absolute atomic E-state index is 0.283. The molecule has 0 aromatic heterocycles. The summed E-state index contributed by atoms with van der Waals surface area (Å²) in [6, 6.07) is 5.81. The van der Waals surface area contributed by atoms with Crippen LogP contribution in [0.5, 0.6) is 5.75 Å². The molecule has 1 unspecified atom stereocenters. The molecule has 1 N–H and O–H groups in total. The minimum Gasteiger partial charge on any atom is -0.496 e.